The molecule has 0 bridgehead atoms. The molecule has 9 nitrogen and oxygen atoms in total. The highest BCUT2D eigenvalue weighted by Gasteiger charge is 2.43. The highest BCUT2D eigenvalue weighted by Crippen LogP contribution is 2.26. The molecule has 2 heterocycles. The summed E-state index contributed by atoms with van der Waals surface area (Å²) in [6.07, 6.45) is 2.29. The maximum atomic E-state index is 12.6. The summed E-state index contributed by atoms with van der Waals surface area (Å²) >= 11 is 0. The van der Waals surface area contributed by atoms with E-state index in [0.29, 0.717) is 17.9 Å². The molecule has 2 aromatic heterocycles. The van der Waals surface area contributed by atoms with E-state index in [1.54, 1.807) is 19.4 Å². The first-order valence-corrected chi connectivity index (χ1v) is 12.0. The van der Waals surface area contributed by atoms with Crippen LogP contribution in [0.2, 0.25) is 0 Å². The Morgan fingerprint density at radius 1 is 1.12 bits per heavy atom. The summed E-state index contributed by atoms with van der Waals surface area (Å²) in [4.78, 5) is 24.6. The van der Waals surface area contributed by atoms with Crippen LogP contribution in [0.4, 0.5) is 0 Å². The van der Waals surface area contributed by atoms with E-state index in [1.165, 1.54) is 23.0 Å². The number of amides is 1. The van der Waals surface area contributed by atoms with Gasteiger partial charge in [-0.15, -0.1) is 0 Å². The van der Waals surface area contributed by atoms with Crippen molar-refractivity contribution in [3.63, 3.8) is 0 Å². The third-order valence-corrected chi connectivity index (χ3v) is 7.70. The number of nitrogens with one attached hydrogen (secondary N) is 1. The molecule has 10 heteroatoms. The van der Waals surface area contributed by atoms with Crippen LogP contribution < -0.4 is 11.0 Å². The normalized spacial score (nSPS) is 13.5. The van der Waals surface area contributed by atoms with E-state index < -0.39 is 20.5 Å². The molecule has 1 unspecified atom stereocenters. The van der Waals surface area contributed by atoms with Gasteiger partial charge in [0.15, 0.2) is 14.6 Å². The Morgan fingerprint density at radius 3 is 2.36 bits per heavy atom. The zero-order valence-electron chi connectivity index (χ0n) is 18.6. The Morgan fingerprint density at radius 2 is 1.79 bits per heavy atom. The Labute approximate surface area is 191 Å². The number of aromatic nitrogens is 1. The summed E-state index contributed by atoms with van der Waals surface area (Å²) < 4.78 is 34.4. The molecule has 0 fully saturated rings. The van der Waals surface area contributed by atoms with Crippen molar-refractivity contribution in [2.24, 2.45) is 0 Å². The molecule has 176 valence electrons. The fraction of sp³-hybridized carbons (Fsp3) is 0.304. The molecule has 0 spiro atoms. The van der Waals surface area contributed by atoms with Crippen molar-refractivity contribution < 1.29 is 27.6 Å². The number of ether oxygens (including phenoxy) is 1. The van der Waals surface area contributed by atoms with Gasteiger partial charge in [-0.1, -0.05) is 24.3 Å². The minimum atomic E-state index is -3.84. The van der Waals surface area contributed by atoms with Crippen LogP contribution in [0.1, 0.15) is 19.1 Å². The van der Waals surface area contributed by atoms with Crippen LogP contribution in [-0.2, 0) is 32.5 Å². The van der Waals surface area contributed by atoms with Gasteiger partial charge in [-0.25, -0.2) is 13.9 Å². The second kappa shape index (κ2) is 9.74. The minimum Gasteiger partial charge on any atom is -0.459 e. The van der Waals surface area contributed by atoms with E-state index in [0.717, 1.165) is 23.1 Å². The van der Waals surface area contributed by atoms with Crippen molar-refractivity contribution in [3.8, 4) is 22.5 Å². The third-order valence-electron chi connectivity index (χ3n) is 5.68. The zero-order chi connectivity index (χ0) is 24.2. The maximum Gasteiger partial charge on any atom is 0.264 e. The lowest BCUT2D eigenvalue weighted by Gasteiger charge is -2.25. The predicted molar refractivity (Wildman–Crippen MR) is 122 cm³/mol. The molecule has 3 rings (SSSR count). The van der Waals surface area contributed by atoms with Gasteiger partial charge in [0.25, 0.3) is 11.5 Å². The lowest BCUT2D eigenvalue weighted by atomic mass is 10.0. The number of benzene rings is 1. The lowest BCUT2D eigenvalue weighted by molar-refractivity contribution is -0.131. The molecular formula is C23H26N2O7S. The standard InChI is InChI=1S/C23H26N2O7S/c1-23(22(27)24-28,33(3,29)30)11-13-25-12-10-18(14-21(25)26)16-4-6-17(7-5-16)20-9-8-19(32-20)15-31-2/h4-10,12,14,28H,11,13,15H2,1-3H3,(H,24,27). The average molecular weight is 475 g/mol. The number of hydrogen-bond acceptors (Lipinski definition) is 7. The fourth-order valence-electron chi connectivity index (χ4n) is 3.37. The van der Waals surface area contributed by atoms with Crippen LogP contribution in [0.5, 0.6) is 0 Å². The first kappa shape index (κ1) is 24.4. The van der Waals surface area contributed by atoms with Crippen LogP contribution in [0.25, 0.3) is 22.5 Å². The van der Waals surface area contributed by atoms with E-state index in [4.69, 9.17) is 14.4 Å². The quantitative estimate of drug-likeness (QED) is 0.360. The van der Waals surface area contributed by atoms with E-state index in [9.17, 15) is 18.0 Å². The number of hydrogen-bond donors (Lipinski definition) is 2. The second-order valence-electron chi connectivity index (χ2n) is 7.92. The molecule has 2 N–H and O–H groups in total. The molecule has 0 saturated heterocycles. The van der Waals surface area contributed by atoms with Gasteiger partial charge in [0.05, 0.1) is 0 Å². The number of furan rings is 1. The van der Waals surface area contributed by atoms with Crippen molar-refractivity contribution in [3.05, 3.63) is 70.8 Å². The smallest absolute Gasteiger partial charge is 0.264 e. The van der Waals surface area contributed by atoms with E-state index in [-0.39, 0.29) is 18.5 Å². The summed E-state index contributed by atoms with van der Waals surface area (Å²) in [6.45, 7) is 1.59. The Balaban J connectivity index is 1.77. The van der Waals surface area contributed by atoms with E-state index in [1.807, 2.05) is 36.4 Å². The summed E-state index contributed by atoms with van der Waals surface area (Å²) in [5.41, 5.74) is 3.47. The Hall–Kier alpha value is -3.21. The number of aryl methyl sites for hydroxylation is 1. The molecule has 1 aromatic carbocycles. The van der Waals surface area contributed by atoms with E-state index >= 15 is 0 Å². The number of methoxy groups -OCH3 is 1. The molecule has 0 radical (unpaired) electrons. The maximum absolute atomic E-state index is 12.6. The summed E-state index contributed by atoms with van der Waals surface area (Å²) in [5.74, 6) is 0.397. The van der Waals surface area contributed by atoms with Gasteiger partial charge in [-0.3, -0.25) is 14.8 Å². The van der Waals surface area contributed by atoms with E-state index in [2.05, 4.69) is 0 Å². The van der Waals surface area contributed by atoms with Crippen LogP contribution >= 0.6 is 0 Å². The average Bonchev–Trinajstić information content (AvgIpc) is 3.25. The number of nitrogens with zero attached hydrogens (tertiary/aromatic N) is 1. The predicted octanol–water partition coefficient (Wildman–Crippen LogP) is 2.62. The molecule has 0 aliphatic heterocycles. The fourth-order valence-corrected chi connectivity index (χ4v) is 4.22. The number of carbonyl (C=O) groups excluding carboxylic acids is 1. The third kappa shape index (κ3) is 5.24. The SMILES string of the molecule is COCc1ccc(-c2ccc(-c3ccn(CCC(C)(C(=O)NO)S(C)(=O)=O)c(=O)c3)cc2)o1. The minimum absolute atomic E-state index is 0.0165. The molecule has 1 amide bonds. The highest BCUT2D eigenvalue weighted by atomic mass is 32.2. The van der Waals surface area contributed by atoms with Gasteiger partial charge < -0.3 is 13.7 Å². The molecule has 3 aromatic rings. The molecule has 0 aliphatic rings. The first-order valence-electron chi connectivity index (χ1n) is 10.1. The monoisotopic (exact) mass is 474 g/mol. The number of sulfone groups is 1. The first-order chi connectivity index (χ1) is 15.6. The number of hydroxylamine groups is 1. The van der Waals surface area contributed by atoms with Gasteiger partial charge in [-0.2, -0.15) is 0 Å². The summed E-state index contributed by atoms with van der Waals surface area (Å²) in [6, 6.07) is 14.4. The largest absolute Gasteiger partial charge is 0.459 e. The number of pyridine rings is 1. The lowest BCUT2D eigenvalue weighted by Crippen LogP contribution is -2.49. The van der Waals surface area contributed by atoms with Crippen LogP contribution in [-0.4, -0.2) is 42.2 Å². The van der Waals surface area contributed by atoms with Gasteiger partial charge in [0.2, 0.25) is 0 Å². The molecule has 0 saturated carbocycles. The molecule has 33 heavy (non-hydrogen) atoms. The van der Waals surface area contributed by atoms with Gasteiger partial charge in [-0.05, 0) is 42.7 Å². The van der Waals surface area contributed by atoms with Crippen molar-refractivity contribution >= 4 is 15.7 Å². The number of carbonyl (C=O) groups is 1. The van der Waals surface area contributed by atoms with Crippen LogP contribution in [0.3, 0.4) is 0 Å². The van der Waals surface area contributed by atoms with Crippen LogP contribution in [0.15, 0.2) is 63.9 Å². The van der Waals surface area contributed by atoms with Gasteiger partial charge >= 0.3 is 0 Å². The summed E-state index contributed by atoms with van der Waals surface area (Å²) in [7, 11) is -2.24. The van der Waals surface area contributed by atoms with Gasteiger partial charge in [0.1, 0.15) is 18.1 Å². The van der Waals surface area contributed by atoms with Crippen molar-refractivity contribution in [1.29, 1.82) is 0 Å². The second-order valence-corrected chi connectivity index (χ2v) is 10.4. The topological polar surface area (TPSA) is 128 Å². The van der Waals surface area contributed by atoms with Gasteiger partial charge in [0, 0.05) is 37.7 Å². The van der Waals surface area contributed by atoms with Crippen molar-refractivity contribution in [2.75, 3.05) is 13.4 Å². The van der Waals surface area contributed by atoms with Crippen molar-refractivity contribution in [2.45, 2.75) is 31.2 Å². The number of rotatable bonds is 9. The van der Waals surface area contributed by atoms with Crippen molar-refractivity contribution in [1.82, 2.24) is 10.0 Å². The summed E-state index contributed by atoms with van der Waals surface area (Å²) in [5, 5.41) is 8.92. The molecule has 1 atom stereocenters. The molecule has 0 aliphatic carbocycles. The Bertz CT molecular complexity index is 1290. The Kier molecular flexibility index (Phi) is 7.21. The van der Waals surface area contributed by atoms with Crippen LogP contribution in [0, 0.1) is 0 Å². The zero-order valence-corrected chi connectivity index (χ0v) is 19.4. The highest BCUT2D eigenvalue weighted by molar-refractivity contribution is 7.92. The molecular weight excluding hydrogens is 448 g/mol.